The predicted molar refractivity (Wildman–Crippen MR) is 148 cm³/mol. The fourth-order valence-corrected chi connectivity index (χ4v) is 6.34. The molecule has 12 nitrogen and oxygen atoms in total. The number of anilines is 3. The molecule has 3 aliphatic rings. The molecule has 220 valence electrons. The summed E-state index contributed by atoms with van der Waals surface area (Å²) in [5, 5.41) is 27.9. The highest BCUT2D eigenvalue weighted by Gasteiger charge is 2.44. The van der Waals surface area contributed by atoms with Crippen LogP contribution < -0.4 is 14.5 Å². The number of alkyl halides is 2. The van der Waals surface area contributed by atoms with Gasteiger partial charge in [0, 0.05) is 45.1 Å². The maximum Gasteiger partial charge on any atom is 0.251 e. The third-order valence-corrected chi connectivity index (χ3v) is 9.48. The van der Waals surface area contributed by atoms with Gasteiger partial charge in [0.1, 0.15) is 11.4 Å². The number of hydrogen-bond acceptors (Lipinski definition) is 10. The number of benzene rings is 1. The number of sulfonamides is 1. The Labute approximate surface area is 236 Å². The van der Waals surface area contributed by atoms with Gasteiger partial charge in [-0.25, -0.2) is 26.9 Å². The van der Waals surface area contributed by atoms with E-state index < -0.39 is 28.3 Å². The molecule has 6 rings (SSSR count). The molecule has 0 amide bonds. The lowest BCUT2D eigenvalue weighted by atomic mass is 9.93. The van der Waals surface area contributed by atoms with E-state index in [4.69, 9.17) is 5.11 Å². The fraction of sp³-hybridized carbons (Fsp3) is 0.538. The topological polar surface area (TPSA) is 150 Å². The summed E-state index contributed by atoms with van der Waals surface area (Å²) >= 11 is 0. The molecule has 3 fully saturated rings. The lowest BCUT2D eigenvalue weighted by Gasteiger charge is -2.35. The molecule has 2 saturated heterocycles. The molecular weight excluding hydrogens is 558 g/mol. The number of aliphatic hydroxyl groups excluding tert-OH is 1. The number of halogens is 2. The molecule has 3 N–H and O–H groups in total. The zero-order valence-electron chi connectivity index (χ0n) is 22.4. The molecule has 0 atom stereocenters. The van der Waals surface area contributed by atoms with Gasteiger partial charge in [0.05, 0.1) is 35.6 Å². The van der Waals surface area contributed by atoms with Crippen LogP contribution in [-0.2, 0) is 10.0 Å². The van der Waals surface area contributed by atoms with Gasteiger partial charge in [-0.1, -0.05) is 5.21 Å². The highest BCUT2D eigenvalue weighted by atomic mass is 32.2. The molecule has 1 aliphatic carbocycles. The summed E-state index contributed by atoms with van der Waals surface area (Å²) < 4.78 is 56.0. The average Bonchev–Trinajstić information content (AvgIpc) is 3.48. The molecule has 0 bridgehead atoms. The SMILES string of the molecule is O=S(=O)(CCO)Nc1ccc(-n2cc(-c3cc(O)nc(N4CCC(F)(F)CC4)n3)nn2)c(N2CCC3(CC2)CC3)c1. The third kappa shape index (κ3) is 6.05. The van der Waals surface area contributed by atoms with Gasteiger partial charge in [-0.05, 0) is 49.3 Å². The molecule has 1 aromatic carbocycles. The van der Waals surface area contributed by atoms with Crippen LogP contribution in [0.4, 0.5) is 26.1 Å². The standard InChI is InChI=1S/C26H32F2N8O4S/c27-26(28)7-11-35(12-8-26)24-29-19(16-23(38)30-24)20-17-36(33-31-20)21-2-1-18(32-41(39,40)14-13-37)15-22(21)34-9-5-25(3-4-25)6-10-34/h1-2,15-17,32,37H,3-14H2,(H,29,30,38). The van der Waals surface area contributed by atoms with Gasteiger partial charge in [-0.15, -0.1) is 5.10 Å². The summed E-state index contributed by atoms with van der Waals surface area (Å²) in [7, 11) is -3.71. The van der Waals surface area contributed by atoms with Crippen molar-refractivity contribution in [2.45, 2.75) is 44.4 Å². The van der Waals surface area contributed by atoms with E-state index in [9.17, 15) is 22.3 Å². The Morgan fingerprint density at radius 2 is 1.61 bits per heavy atom. The van der Waals surface area contributed by atoms with Gasteiger partial charge in [0.2, 0.25) is 21.9 Å². The number of aromatic hydroxyl groups is 1. The summed E-state index contributed by atoms with van der Waals surface area (Å²) in [6.07, 6.45) is 5.62. The second-order valence-electron chi connectivity index (χ2n) is 11.1. The Morgan fingerprint density at radius 1 is 0.902 bits per heavy atom. The molecule has 1 saturated carbocycles. The van der Waals surface area contributed by atoms with E-state index in [-0.39, 0.29) is 37.8 Å². The van der Waals surface area contributed by atoms with Gasteiger partial charge < -0.3 is 20.0 Å². The quantitative estimate of drug-likeness (QED) is 0.357. The minimum absolute atomic E-state index is 0.0669. The first-order valence-corrected chi connectivity index (χ1v) is 15.3. The Morgan fingerprint density at radius 3 is 2.29 bits per heavy atom. The first kappa shape index (κ1) is 27.6. The number of nitrogens with one attached hydrogen (secondary N) is 1. The van der Waals surface area contributed by atoms with Crippen molar-refractivity contribution in [1.82, 2.24) is 25.0 Å². The molecule has 3 aromatic rings. The van der Waals surface area contributed by atoms with E-state index in [1.165, 1.54) is 18.9 Å². The molecule has 0 unspecified atom stereocenters. The van der Waals surface area contributed by atoms with Crippen LogP contribution in [-0.4, -0.2) is 88.1 Å². The average molecular weight is 591 g/mol. The van der Waals surface area contributed by atoms with Crippen molar-refractivity contribution >= 4 is 27.3 Å². The Balaban J connectivity index is 1.30. The lowest BCUT2D eigenvalue weighted by molar-refractivity contribution is -0.0222. The van der Waals surface area contributed by atoms with Crippen molar-refractivity contribution < 1.29 is 27.4 Å². The number of aromatic nitrogens is 5. The van der Waals surface area contributed by atoms with E-state index in [2.05, 4.69) is 29.9 Å². The molecule has 2 aromatic heterocycles. The molecule has 0 radical (unpaired) electrons. The van der Waals surface area contributed by atoms with E-state index >= 15 is 0 Å². The Kier molecular flexibility index (Phi) is 6.96. The number of piperidine rings is 2. The lowest BCUT2D eigenvalue weighted by Crippen LogP contribution is -2.40. The van der Waals surface area contributed by atoms with Crippen LogP contribution in [0.25, 0.3) is 17.1 Å². The summed E-state index contributed by atoms with van der Waals surface area (Å²) in [5.41, 5.74) is 2.91. The minimum Gasteiger partial charge on any atom is -0.493 e. The first-order chi connectivity index (χ1) is 19.5. The second kappa shape index (κ2) is 10.4. The van der Waals surface area contributed by atoms with Crippen molar-refractivity contribution in [3.63, 3.8) is 0 Å². The number of hydrogen-bond donors (Lipinski definition) is 3. The maximum atomic E-state index is 13.6. The number of rotatable bonds is 8. The molecule has 41 heavy (non-hydrogen) atoms. The highest BCUT2D eigenvalue weighted by Crippen LogP contribution is 2.54. The van der Waals surface area contributed by atoms with Crippen molar-refractivity contribution in [1.29, 1.82) is 0 Å². The normalized spacial score (nSPS) is 19.9. The summed E-state index contributed by atoms with van der Waals surface area (Å²) in [4.78, 5) is 12.3. The van der Waals surface area contributed by atoms with Crippen LogP contribution in [0.1, 0.15) is 38.5 Å². The fourth-order valence-electron chi connectivity index (χ4n) is 5.51. The van der Waals surface area contributed by atoms with E-state index in [0.29, 0.717) is 28.2 Å². The maximum absolute atomic E-state index is 13.6. The van der Waals surface area contributed by atoms with Crippen LogP contribution in [0.5, 0.6) is 5.88 Å². The summed E-state index contributed by atoms with van der Waals surface area (Å²) in [5.74, 6) is -3.29. The predicted octanol–water partition coefficient (Wildman–Crippen LogP) is 2.78. The minimum atomic E-state index is -3.71. The van der Waals surface area contributed by atoms with E-state index in [0.717, 1.165) is 31.6 Å². The van der Waals surface area contributed by atoms with Crippen LogP contribution in [0.3, 0.4) is 0 Å². The highest BCUT2D eigenvalue weighted by molar-refractivity contribution is 7.92. The van der Waals surface area contributed by atoms with Gasteiger partial charge in [-0.3, -0.25) is 4.72 Å². The molecule has 2 aliphatic heterocycles. The van der Waals surface area contributed by atoms with Gasteiger partial charge in [-0.2, -0.15) is 4.98 Å². The largest absolute Gasteiger partial charge is 0.493 e. The zero-order valence-corrected chi connectivity index (χ0v) is 23.2. The monoisotopic (exact) mass is 590 g/mol. The Hall–Kier alpha value is -3.59. The molecular formula is C26H32F2N8O4S. The molecule has 15 heteroatoms. The third-order valence-electron chi connectivity index (χ3n) is 8.21. The van der Waals surface area contributed by atoms with E-state index in [1.54, 1.807) is 34.0 Å². The smallest absolute Gasteiger partial charge is 0.251 e. The van der Waals surface area contributed by atoms with Gasteiger partial charge in [0.15, 0.2) is 0 Å². The second-order valence-corrected chi connectivity index (χ2v) is 13.0. The van der Waals surface area contributed by atoms with Crippen LogP contribution >= 0.6 is 0 Å². The van der Waals surface area contributed by atoms with E-state index in [1.807, 2.05) is 0 Å². The van der Waals surface area contributed by atoms with Crippen LogP contribution in [0.15, 0.2) is 30.5 Å². The number of aliphatic hydroxyl groups is 1. The first-order valence-electron chi connectivity index (χ1n) is 13.7. The van der Waals surface area contributed by atoms with Crippen molar-refractivity contribution in [2.75, 3.05) is 53.1 Å². The zero-order chi connectivity index (χ0) is 28.8. The van der Waals surface area contributed by atoms with Crippen LogP contribution in [0.2, 0.25) is 0 Å². The molecule has 1 spiro atoms. The van der Waals surface area contributed by atoms with Gasteiger partial charge in [0.25, 0.3) is 5.92 Å². The summed E-state index contributed by atoms with van der Waals surface area (Å²) in [6.45, 7) is 1.29. The van der Waals surface area contributed by atoms with Crippen molar-refractivity contribution in [3.05, 3.63) is 30.5 Å². The number of nitrogens with zero attached hydrogens (tertiary/aromatic N) is 7. The Bertz CT molecular complexity index is 1530. The van der Waals surface area contributed by atoms with Gasteiger partial charge >= 0.3 is 0 Å². The van der Waals surface area contributed by atoms with Crippen molar-refractivity contribution in [3.8, 4) is 23.0 Å². The molecule has 4 heterocycles. The summed E-state index contributed by atoms with van der Waals surface area (Å²) in [6, 6.07) is 6.48. The van der Waals surface area contributed by atoms with Crippen molar-refractivity contribution in [2.24, 2.45) is 5.41 Å². The van der Waals surface area contributed by atoms with Crippen LogP contribution in [0, 0.1) is 5.41 Å².